The standard InChI is InChI=1S/C25H30N4O4/c1-18(2)32-24(30)23(15-29-17-26-16-27-29)33-25(31)28-19(3)22-13-11-21(12-14-22)10-9-20-7-5-4-6-8-20/h4-8,11-14,16-19,23H,9-10,15H2,1-3H3,(H,28,31)/t19-,23+/m0/s1. The van der Waals surface area contributed by atoms with E-state index in [9.17, 15) is 9.59 Å². The average Bonchev–Trinajstić information content (AvgIpc) is 3.31. The summed E-state index contributed by atoms with van der Waals surface area (Å²) in [6.45, 7) is 5.34. The van der Waals surface area contributed by atoms with Crippen LogP contribution >= 0.6 is 0 Å². The summed E-state index contributed by atoms with van der Waals surface area (Å²) in [6.07, 6.45) is 2.52. The molecule has 0 aliphatic rings. The van der Waals surface area contributed by atoms with Gasteiger partial charge in [-0.2, -0.15) is 5.10 Å². The van der Waals surface area contributed by atoms with Gasteiger partial charge in [-0.05, 0) is 50.3 Å². The molecular weight excluding hydrogens is 420 g/mol. The van der Waals surface area contributed by atoms with Gasteiger partial charge in [-0.3, -0.25) is 0 Å². The normalized spacial score (nSPS) is 12.7. The second kappa shape index (κ2) is 11.8. The van der Waals surface area contributed by atoms with Crippen molar-refractivity contribution in [3.05, 3.63) is 83.9 Å². The Balaban J connectivity index is 1.54. The number of carbonyl (C=O) groups excluding carboxylic acids is 2. The van der Waals surface area contributed by atoms with Crippen LogP contribution in [0.4, 0.5) is 4.79 Å². The van der Waals surface area contributed by atoms with E-state index in [1.54, 1.807) is 13.8 Å². The predicted molar refractivity (Wildman–Crippen MR) is 123 cm³/mol. The maximum absolute atomic E-state index is 12.5. The molecule has 2 aromatic carbocycles. The molecule has 3 rings (SSSR count). The Morgan fingerprint density at radius 2 is 1.61 bits per heavy atom. The molecule has 0 saturated carbocycles. The number of aromatic nitrogens is 3. The van der Waals surface area contributed by atoms with E-state index < -0.39 is 18.2 Å². The van der Waals surface area contributed by atoms with Crippen LogP contribution in [0, 0.1) is 0 Å². The molecule has 0 aliphatic carbocycles. The van der Waals surface area contributed by atoms with E-state index in [0.717, 1.165) is 18.4 Å². The van der Waals surface area contributed by atoms with Gasteiger partial charge in [0.25, 0.3) is 0 Å². The van der Waals surface area contributed by atoms with Gasteiger partial charge in [-0.25, -0.2) is 19.3 Å². The topological polar surface area (TPSA) is 95.3 Å². The van der Waals surface area contributed by atoms with Crippen LogP contribution in [0.2, 0.25) is 0 Å². The first-order valence-corrected chi connectivity index (χ1v) is 11.0. The van der Waals surface area contributed by atoms with Crippen molar-refractivity contribution in [3.63, 3.8) is 0 Å². The van der Waals surface area contributed by atoms with Gasteiger partial charge in [0.1, 0.15) is 12.7 Å². The number of amides is 1. The maximum atomic E-state index is 12.5. The number of ether oxygens (including phenoxy) is 2. The summed E-state index contributed by atoms with van der Waals surface area (Å²) in [5.74, 6) is -0.633. The SMILES string of the molecule is CC(C)OC(=O)[C@@H](Cn1cncn1)OC(=O)N[C@@H](C)c1ccc(CCc2ccccc2)cc1. The van der Waals surface area contributed by atoms with Crippen molar-refractivity contribution in [1.82, 2.24) is 20.1 Å². The van der Waals surface area contributed by atoms with Crippen LogP contribution in [-0.4, -0.2) is 39.0 Å². The number of esters is 1. The highest BCUT2D eigenvalue weighted by molar-refractivity contribution is 5.79. The number of carbonyl (C=O) groups is 2. The molecule has 0 bridgehead atoms. The van der Waals surface area contributed by atoms with Crippen molar-refractivity contribution in [2.75, 3.05) is 0 Å². The molecule has 0 aliphatic heterocycles. The maximum Gasteiger partial charge on any atom is 0.408 e. The lowest BCUT2D eigenvalue weighted by Gasteiger charge is -2.20. The zero-order valence-electron chi connectivity index (χ0n) is 19.2. The summed E-state index contributed by atoms with van der Waals surface area (Å²) in [7, 11) is 0. The Kier molecular flexibility index (Phi) is 8.57. The van der Waals surface area contributed by atoms with Gasteiger partial charge in [0.2, 0.25) is 6.10 Å². The van der Waals surface area contributed by atoms with Gasteiger partial charge in [0.15, 0.2) is 0 Å². The number of rotatable bonds is 10. The molecule has 1 N–H and O–H groups in total. The summed E-state index contributed by atoms with van der Waals surface area (Å²) in [4.78, 5) is 28.7. The Labute approximate surface area is 193 Å². The van der Waals surface area contributed by atoms with Crippen LogP contribution in [0.1, 0.15) is 43.5 Å². The highest BCUT2D eigenvalue weighted by atomic mass is 16.6. The highest BCUT2D eigenvalue weighted by Gasteiger charge is 2.27. The van der Waals surface area contributed by atoms with Gasteiger partial charge in [-0.15, -0.1) is 0 Å². The van der Waals surface area contributed by atoms with Gasteiger partial charge in [0, 0.05) is 0 Å². The minimum atomic E-state index is -1.14. The van der Waals surface area contributed by atoms with Gasteiger partial charge >= 0.3 is 12.1 Å². The Morgan fingerprint density at radius 1 is 0.939 bits per heavy atom. The van der Waals surface area contributed by atoms with E-state index in [2.05, 4.69) is 39.7 Å². The molecule has 33 heavy (non-hydrogen) atoms. The van der Waals surface area contributed by atoms with E-state index in [0.29, 0.717) is 0 Å². The molecular formula is C25H30N4O4. The highest BCUT2D eigenvalue weighted by Crippen LogP contribution is 2.16. The summed E-state index contributed by atoms with van der Waals surface area (Å²) in [6, 6.07) is 18.2. The minimum absolute atomic E-state index is 0.0173. The third-order valence-electron chi connectivity index (χ3n) is 5.04. The van der Waals surface area contributed by atoms with Crippen LogP contribution in [0.3, 0.4) is 0 Å². The summed E-state index contributed by atoms with van der Waals surface area (Å²) >= 11 is 0. The Bertz CT molecular complexity index is 1000. The van der Waals surface area contributed by atoms with E-state index in [1.165, 1.54) is 28.5 Å². The van der Waals surface area contributed by atoms with Crippen molar-refractivity contribution >= 4 is 12.1 Å². The molecule has 0 spiro atoms. The molecule has 0 radical (unpaired) electrons. The first-order chi connectivity index (χ1) is 15.9. The predicted octanol–water partition coefficient (Wildman–Crippen LogP) is 3.87. The second-order valence-electron chi connectivity index (χ2n) is 8.09. The fraction of sp³-hybridized carbons (Fsp3) is 0.360. The third kappa shape index (κ3) is 7.75. The molecule has 0 saturated heterocycles. The number of aryl methyl sites for hydroxylation is 2. The van der Waals surface area contributed by atoms with Crippen LogP contribution < -0.4 is 5.32 Å². The lowest BCUT2D eigenvalue weighted by Crippen LogP contribution is -2.38. The van der Waals surface area contributed by atoms with Crippen molar-refractivity contribution in [3.8, 4) is 0 Å². The largest absolute Gasteiger partial charge is 0.460 e. The fourth-order valence-corrected chi connectivity index (χ4v) is 3.29. The Morgan fingerprint density at radius 3 is 2.21 bits per heavy atom. The fourth-order valence-electron chi connectivity index (χ4n) is 3.29. The van der Waals surface area contributed by atoms with Crippen molar-refractivity contribution < 1.29 is 19.1 Å². The van der Waals surface area contributed by atoms with Gasteiger partial charge in [0.05, 0.1) is 18.7 Å². The van der Waals surface area contributed by atoms with Crippen LogP contribution in [0.5, 0.6) is 0 Å². The van der Waals surface area contributed by atoms with E-state index >= 15 is 0 Å². The molecule has 174 valence electrons. The summed E-state index contributed by atoms with van der Waals surface area (Å²) in [5, 5.41) is 6.74. The molecule has 8 heteroatoms. The zero-order chi connectivity index (χ0) is 23.6. The number of benzene rings is 2. The monoisotopic (exact) mass is 450 g/mol. The molecule has 0 fully saturated rings. The number of nitrogens with zero attached hydrogens (tertiary/aromatic N) is 3. The van der Waals surface area contributed by atoms with Gasteiger partial charge < -0.3 is 14.8 Å². The Hall–Kier alpha value is -3.68. The first-order valence-electron chi connectivity index (χ1n) is 11.0. The van der Waals surface area contributed by atoms with Gasteiger partial charge in [-0.1, -0.05) is 54.6 Å². The molecule has 0 unspecified atom stereocenters. The molecule has 1 heterocycles. The molecule has 1 aromatic heterocycles. The number of alkyl carbamates (subject to hydrolysis) is 1. The van der Waals surface area contributed by atoms with E-state index in [1.807, 2.05) is 37.3 Å². The van der Waals surface area contributed by atoms with Crippen molar-refractivity contribution in [1.29, 1.82) is 0 Å². The first kappa shape index (κ1) is 24.0. The molecule has 2 atom stereocenters. The lowest BCUT2D eigenvalue weighted by molar-refractivity contribution is -0.158. The van der Waals surface area contributed by atoms with Crippen LogP contribution in [0.15, 0.2) is 67.3 Å². The lowest BCUT2D eigenvalue weighted by atomic mass is 10.0. The third-order valence-corrected chi connectivity index (χ3v) is 5.04. The van der Waals surface area contributed by atoms with Crippen LogP contribution in [0.25, 0.3) is 0 Å². The molecule has 8 nitrogen and oxygen atoms in total. The number of hydrogen-bond donors (Lipinski definition) is 1. The zero-order valence-corrected chi connectivity index (χ0v) is 19.2. The second-order valence-corrected chi connectivity index (χ2v) is 8.09. The number of hydrogen-bond acceptors (Lipinski definition) is 6. The average molecular weight is 451 g/mol. The van der Waals surface area contributed by atoms with E-state index in [4.69, 9.17) is 9.47 Å². The quantitative estimate of drug-likeness (QED) is 0.471. The summed E-state index contributed by atoms with van der Waals surface area (Å²) < 4.78 is 12.0. The van der Waals surface area contributed by atoms with E-state index in [-0.39, 0.29) is 18.7 Å². The molecule has 3 aromatic rings. The van der Waals surface area contributed by atoms with Crippen molar-refractivity contribution in [2.45, 2.75) is 58.4 Å². The minimum Gasteiger partial charge on any atom is -0.460 e. The molecule has 1 amide bonds. The van der Waals surface area contributed by atoms with Crippen LogP contribution in [-0.2, 0) is 33.7 Å². The van der Waals surface area contributed by atoms with Crippen molar-refractivity contribution in [2.24, 2.45) is 0 Å². The smallest absolute Gasteiger partial charge is 0.408 e. The summed E-state index contributed by atoms with van der Waals surface area (Å²) in [5.41, 5.74) is 3.46. The number of nitrogens with one attached hydrogen (secondary N) is 1.